The Bertz CT molecular complexity index is 852. The number of carbonyl (C=O) groups excluding carboxylic acids is 1. The van der Waals surface area contributed by atoms with Crippen molar-refractivity contribution < 1.29 is 4.79 Å². The minimum Gasteiger partial charge on any atom is -0.355 e. The van der Waals surface area contributed by atoms with Crippen LogP contribution >= 0.6 is 0 Å². The molecule has 0 bridgehead atoms. The molecular weight excluding hydrogens is 288 g/mol. The number of amides is 1. The van der Waals surface area contributed by atoms with Gasteiger partial charge in [0.15, 0.2) is 5.43 Å². The van der Waals surface area contributed by atoms with Gasteiger partial charge >= 0.3 is 0 Å². The lowest BCUT2D eigenvalue weighted by Crippen LogP contribution is -2.29. The second-order valence-electron chi connectivity index (χ2n) is 5.65. The van der Waals surface area contributed by atoms with E-state index in [1.54, 1.807) is 0 Å². The maximum Gasteiger partial charge on any atom is 0.239 e. The van der Waals surface area contributed by atoms with Gasteiger partial charge in [-0.2, -0.15) is 0 Å². The van der Waals surface area contributed by atoms with Crippen LogP contribution in [0.1, 0.15) is 19.8 Å². The van der Waals surface area contributed by atoms with E-state index in [0.717, 1.165) is 23.9 Å². The number of nitrogens with one attached hydrogen (secondary N) is 1. The molecule has 1 N–H and O–H groups in total. The van der Waals surface area contributed by atoms with Gasteiger partial charge in [-0.3, -0.25) is 9.59 Å². The number of unbranched alkanes of at least 4 members (excludes halogenated alkanes) is 1. The molecule has 118 valence electrons. The lowest BCUT2D eigenvalue weighted by atomic mass is 10.1. The maximum absolute atomic E-state index is 12.6. The van der Waals surface area contributed by atoms with Crippen molar-refractivity contribution in [3.63, 3.8) is 0 Å². The van der Waals surface area contributed by atoms with Gasteiger partial charge in [-0.1, -0.05) is 37.6 Å². The largest absolute Gasteiger partial charge is 0.355 e. The highest BCUT2D eigenvalue weighted by Gasteiger charge is 2.12. The molecule has 2 aromatic carbocycles. The van der Waals surface area contributed by atoms with Crippen molar-refractivity contribution in [1.29, 1.82) is 0 Å². The van der Waals surface area contributed by atoms with Crippen molar-refractivity contribution in [3.8, 4) is 0 Å². The van der Waals surface area contributed by atoms with E-state index in [1.165, 1.54) is 0 Å². The van der Waals surface area contributed by atoms with E-state index in [9.17, 15) is 9.59 Å². The monoisotopic (exact) mass is 308 g/mol. The molecule has 0 aliphatic heterocycles. The van der Waals surface area contributed by atoms with E-state index in [0.29, 0.717) is 17.3 Å². The highest BCUT2D eigenvalue weighted by molar-refractivity contribution is 5.94. The number of fused-ring (bicyclic) bond motifs is 2. The summed E-state index contributed by atoms with van der Waals surface area (Å²) in [7, 11) is 0. The summed E-state index contributed by atoms with van der Waals surface area (Å²) in [6.07, 6.45) is 2.02. The van der Waals surface area contributed by atoms with Crippen LogP contribution in [0.15, 0.2) is 53.3 Å². The summed E-state index contributed by atoms with van der Waals surface area (Å²) >= 11 is 0. The highest BCUT2D eigenvalue weighted by Crippen LogP contribution is 2.18. The van der Waals surface area contributed by atoms with Gasteiger partial charge in [0.05, 0.1) is 11.0 Å². The normalized spacial score (nSPS) is 11.0. The molecule has 0 aliphatic rings. The summed E-state index contributed by atoms with van der Waals surface area (Å²) in [6.45, 7) is 2.99. The molecule has 0 atom stereocenters. The molecule has 0 fully saturated rings. The summed E-state index contributed by atoms with van der Waals surface area (Å²) in [5.74, 6) is -0.0302. The van der Waals surface area contributed by atoms with Crippen LogP contribution < -0.4 is 10.7 Å². The number of aromatic nitrogens is 1. The van der Waals surface area contributed by atoms with Crippen LogP contribution in [0.25, 0.3) is 21.8 Å². The Morgan fingerprint density at radius 2 is 1.57 bits per heavy atom. The Labute approximate surface area is 134 Å². The highest BCUT2D eigenvalue weighted by atomic mass is 16.2. The predicted octanol–water partition coefficient (Wildman–Crippen LogP) is 3.07. The molecule has 23 heavy (non-hydrogen) atoms. The molecule has 4 heteroatoms. The molecule has 0 saturated carbocycles. The number of rotatable bonds is 5. The van der Waals surface area contributed by atoms with Gasteiger partial charge < -0.3 is 9.88 Å². The zero-order valence-corrected chi connectivity index (χ0v) is 13.2. The Morgan fingerprint density at radius 3 is 2.13 bits per heavy atom. The first-order chi connectivity index (χ1) is 11.2. The topological polar surface area (TPSA) is 51.1 Å². The average Bonchev–Trinajstić information content (AvgIpc) is 2.59. The summed E-state index contributed by atoms with van der Waals surface area (Å²) in [5, 5.41) is 4.23. The van der Waals surface area contributed by atoms with E-state index in [1.807, 2.05) is 53.1 Å². The Kier molecular flexibility index (Phi) is 4.42. The van der Waals surface area contributed by atoms with Gasteiger partial charge in [0.1, 0.15) is 6.54 Å². The van der Waals surface area contributed by atoms with Gasteiger partial charge in [-0.05, 0) is 30.7 Å². The summed E-state index contributed by atoms with van der Waals surface area (Å²) in [5.41, 5.74) is 1.60. The van der Waals surface area contributed by atoms with Crippen LogP contribution in [-0.4, -0.2) is 17.0 Å². The molecule has 1 heterocycles. The zero-order chi connectivity index (χ0) is 16.2. The van der Waals surface area contributed by atoms with Crippen LogP contribution in [0.2, 0.25) is 0 Å². The van der Waals surface area contributed by atoms with Crippen molar-refractivity contribution in [2.75, 3.05) is 6.54 Å². The standard InChI is InChI=1S/C19H20N2O2/c1-2-3-12-20-18(22)13-21-16-10-6-4-8-14(16)19(23)15-9-5-7-11-17(15)21/h4-11H,2-3,12-13H2,1H3,(H,20,22). The molecular formula is C19H20N2O2. The van der Waals surface area contributed by atoms with Crippen molar-refractivity contribution in [3.05, 3.63) is 58.8 Å². The average molecular weight is 308 g/mol. The lowest BCUT2D eigenvalue weighted by molar-refractivity contribution is -0.121. The fraction of sp³-hybridized carbons (Fsp3) is 0.263. The van der Waals surface area contributed by atoms with Crippen molar-refractivity contribution in [2.45, 2.75) is 26.3 Å². The predicted molar refractivity (Wildman–Crippen MR) is 93.6 cm³/mol. The summed E-state index contributed by atoms with van der Waals surface area (Å²) in [4.78, 5) is 24.9. The first kappa shape index (κ1) is 15.3. The second-order valence-corrected chi connectivity index (χ2v) is 5.65. The lowest BCUT2D eigenvalue weighted by Gasteiger charge is -2.15. The zero-order valence-electron chi connectivity index (χ0n) is 13.2. The molecule has 0 aliphatic carbocycles. The number of benzene rings is 2. The number of para-hydroxylation sites is 2. The second kappa shape index (κ2) is 6.65. The van der Waals surface area contributed by atoms with Crippen molar-refractivity contribution in [2.24, 2.45) is 0 Å². The quantitative estimate of drug-likeness (QED) is 0.582. The summed E-state index contributed by atoms with van der Waals surface area (Å²) < 4.78 is 1.92. The number of pyridine rings is 1. The molecule has 0 unspecified atom stereocenters. The van der Waals surface area contributed by atoms with Gasteiger partial charge in [-0.25, -0.2) is 0 Å². The molecule has 1 amide bonds. The fourth-order valence-electron chi connectivity index (χ4n) is 2.85. The van der Waals surface area contributed by atoms with E-state index in [2.05, 4.69) is 12.2 Å². The first-order valence-electron chi connectivity index (χ1n) is 7.99. The third-order valence-corrected chi connectivity index (χ3v) is 4.03. The molecule has 0 radical (unpaired) electrons. The summed E-state index contributed by atoms with van der Waals surface area (Å²) in [6, 6.07) is 14.9. The van der Waals surface area contributed by atoms with E-state index >= 15 is 0 Å². The van der Waals surface area contributed by atoms with Crippen molar-refractivity contribution >= 4 is 27.7 Å². The molecule has 0 spiro atoms. The van der Waals surface area contributed by atoms with Gasteiger partial charge in [0.2, 0.25) is 5.91 Å². The van der Waals surface area contributed by atoms with E-state index < -0.39 is 0 Å². The van der Waals surface area contributed by atoms with Crippen LogP contribution in [0.3, 0.4) is 0 Å². The molecule has 4 nitrogen and oxygen atoms in total. The Hall–Kier alpha value is -2.62. The molecule has 1 aromatic heterocycles. The van der Waals surface area contributed by atoms with Crippen LogP contribution in [-0.2, 0) is 11.3 Å². The van der Waals surface area contributed by atoms with Gasteiger partial charge in [-0.15, -0.1) is 0 Å². The molecule has 3 aromatic rings. The van der Waals surface area contributed by atoms with Crippen LogP contribution in [0, 0.1) is 0 Å². The Morgan fingerprint density at radius 1 is 1.00 bits per heavy atom. The Balaban J connectivity index is 2.11. The van der Waals surface area contributed by atoms with E-state index in [-0.39, 0.29) is 17.9 Å². The number of hydrogen-bond donors (Lipinski definition) is 1. The fourth-order valence-corrected chi connectivity index (χ4v) is 2.85. The van der Waals surface area contributed by atoms with Gasteiger partial charge in [0.25, 0.3) is 0 Å². The number of hydrogen-bond acceptors (Lipinski definition) is 2. The van der Waals surface area contributed by atoms with Crippen LogP contribution in [0.5, 0.6) is 0 Å². The number of carbonyl (C=O) groups is 1. The smallest absolute Gasteiger partial charge is 0.239 e. The minimum atomic E-state index is -0.0302. The first-order valence-corrected chi connectivity index (χ1v) is 7.99. The molecule has 3 rings (SSSR count). The maximum atomic E-state index is 12.6. The third-order valence-electron chi connectivity index (χ3n) is 4.03. The minimum absolute atomic E-state index is 0.0128. The van der Waals surface area contributed by atoms with E-state index in [4.69, 9.17) is 0 Å². The number of nitrogens with zero attached hydrogens (tertiary/aromatic N) is 1. The molecule has 0 saturated heterocycles. The van der Waals surface area contributed by atoms with Crippen molar-refractivity contribution in [1.82, 2.24) is 9.88 Å². The third kappa shape index (κ3) is 2.97. The van der Waals surface area contributed by atoms with Gasteiger partial charge in [0, 0.05) is 17.3 Å². The SMILES string of the molecule is CCCCNC(=O)Cn1c2ccccc2c(=O)c2ccccc21. The van der Waals surface area contributed by atoms with Crippen LogP contribution in [0.4, 0.5) is 0 Å².